The van der Waals surface area contributed by atoms with E-state index in [9.17, 15) is 9.59 Å². The van der Waals surface area contributed by atoms with Gasteiger partial charge in [-0.1, -0.05) is 19.1 Å². The summed E-state index contributed by atoms with van der Waals surface area (Å²) >= 11 is 0. The summed E-state index contributed by atoms with van der Waals surface area (Å²) in [5, 5.41) is 3.44. The van der Waals surface area contributed by atoms with Crippen molar-refractivity contribution in [1.29, 1.82) is 0 Å². The lowest BCUT2D eigenvalue weighted by atomic mass is 10.1. The molecule has 0 aliphatic rings. The second-order valence-electron chi connectivity index (χ2n) is 9.16. The van der Waals surface area contributed by atoms with E-state index < -0.39 is 12.1 Å². The number of carbonyl (C=O) groups is 1. The number of urea groups is 1. The van der Waals surface area contributed by atoms with Crippen molar-refractivity contribution in [2.24, 2.45) is 0 Å². The number of aromatic nitrogens is 2. The van der Waals surface area contributed by atoms with Gasteiger partial charge in [0.1, 0.15) is 23.1 Å². The molecule has 0 radical (unpaired) electrons. The number of carbonyl (C=O) groups excluding carboxylic acids is 1. The Balaban J connectivity index is 1.83. The van der Waals surface area contributed by atoms with Crippen molar-refractivity contribution in [2.45, 2.75) is 26.3 Å². The van der Waals surface area contributed by atoms with E-state index in [4.69, 9.17) is 23.9 Å². The van der Waals surface area contributed by atoms with Crippen LogP contribution < -0.4 is 25.1 Å². The van der Waals surface area contributed by atoms with Gasteiger partial charge in [0, 0.05) is 19.7 Å². The summed E-state index contributed by atoms with van der Waals surface area (Å²) in [5.41, 5.74) is 1.43. The standard InChI is InChI=1S/C31H36N4O6/c1-6-27(34(18-19-38-3)31(37)33-26-17-16-23(39-4)20-28(26)40-5)29-32-25-11-9-8-10-24(25)30(36)35(29)21-12-14-22(15-13-21)41-7-2/h8-17,20,27H,6-7,18-19H2,1-5H3,(H,33,37). The van der Waals surface area contributed by atoms with Crippen molar-refractivity contribution < 1.29 is 23.7 Å². The van der Waals surface area contributed by atoms with Crippen molar-refractivity contribution in [1.82, 2.24) is 14.5 Å². The Bertz CT molecular complexity index is 1540. The van der Waals surface area contributed by atoms with Gasteiger partial charge in [-0.3, -0.25) is 9.36 Å². The highest BCUT2D eigenvalue weighted by Gasteiger charge is 2.29. The lowest BCUT2D eigenvalue weighted by molar-refractivity contribution is 0.131. The minimum absolute atomic E-state index is 0.225. The second-order valence-corrected chi connectivity index (χ2v) is 9.16. The van der Waals surface area contributed by atoms with E-state index in [0.29, 0.717) is 58.4 Å². The molecule has 0 spiro atoms. The molecule has 10 nitrogen and oxygen atoms in total. The lowest BCUT2D eigenvalue weighted by Gasteiger charge is -2.32. The zero-order valence-corrected chi connectivity index (χ0v) is 24.0. The van der Waals surface area contributed by atoms with E-state index in [1.165, 1.54) is 7.11 Å². The van der Waals surface area contributed by atoms with Crippen LogP contribution in [0, 0.1) is 0 Å². The van der Waals surface area contributed by atoms with Gasteiger partial charge in [-0.25, -0.2) is 9.78 Å². The number of rotatable bonds is 12. The van der Waals surface area contributed by atoms with Gasteiger partial charge in [0.05, 0.1) is 55.8 Å². The minimum atomic E-state index is -0.571. The summed E-state index contributed by atoms with van der Waals surface area (Å²) in [5.74, 6) is 2.18. The Kier molecular flexibility index (Phi) is 9.81. The highest BCUT2D eigenvalue weighted by Crippen LogP contribution is 2.31. The van der Waals surface area contributed by atoms with Crippen LogP contribution >= 0.6 is 0 Å². The SMILES string of the molecule is CCOc1ccc(-n2c(C(CC)N(CCOC)C(=O)Nc3ccc(OC)cc3OC)nc3ccccc3c2=O)cc1. The Labute approximate surface area is 239 Å². The summed E-state index contributed by atoms with van der Waals surface area (Å²) in [4.78, 5) is 34.4. The maximum absolute atomic E-state index is 13.9. The van der Waals surface area contributed by atoms with Crippen molar-refractivity contribution in [2.75, 3.05) is 46.4 Å². The number of nitrogens with zero attached hydrogens (tertiary/aromatic N) is 3. The largest absolute Gasteiger partial charge is 0.497 e. The molecule has 2 amide bonds. The zero-order chi connectivity index (χ0) is 29.4. The number of amides is 2. The van der Waals surface area contributed by atoms with E-state index in [1.54, 1.807) is 54.0 Å². The smallest absolute Gasteiger partial charge is 0.322 e. The predicted octanol–water partition coefficient (Wildman–Crippen LogP) is 5.43. The molecule has 0 saturated carbocycles. The molecule has 4 rings (SSSR count). The summed E-state index contributed by atoms with van der Waals surface area (Å²) < 4.78 is 23.3. The molecule has 41 heavy (non-hydrogen) atoms. The van der Waals surface area contributed by atoms with Gasteiger partial charge in [-0.15, -0.1) is 0 Å². The van der Waals surface area contributed by atoms with E-state index in [1.807, 2.05) is 50.2 Å². The number of fused-ring (bicyclic) bond motifs is 1. The monoisotopic (exact) mass is 560 g/mol. The topological polar surface area (TPSA) is 104 Å². The minimum Gasteiger partial charge on any atom is -0.497 e. The van der Waals surface area contributed by atoms with Gasteiger partial charge in [0.2, 0.25) is 0 Å². The molecule has 0 fully saturated rings. The zero-order valence-electron chi connectivity index (χ0n) is 24.0. The lowest BCUT2D eigenvalue weighted by Crippen LogP contribution is -2.42. The fourth-order valence-corrected chi connectivity index (χ4v) is 4.70. The highest BCUT2D eigenvalue weighted by molar-refractivity contribution is 5.91. The molecule has 1 heterocycles. The quantitative estimate of drug-likeness (QED) is 0.246. The molecule has 1 N–H and O–H groups in total. The summed E-state index contributed by atoms with van der Waals surface area (Å²) in [6.45, 7) is 4.94. The third-order valence-corrected chi connectivity index (χ3v) is 6.72. The van der Waals surface area contributed by atoms with E-state index in [-0.39, 0.29) is 18.7 Å². The van der Waals surface area contributed by atoms with Gasteiger partial charge in [0.25, 0.3) is 5.56 Å². The van der Waals surface area contributed by atoms with E-state index in [2.05, 4.69) is 5.32 Å². The maximum atomic E-state index is 13.9. The van der Waals surface area contributed by atoms with Gasteiger partial charge in [0.15, 0.2) is 0 Å². The third-order valence-electron chi connectivity index (χ3n) is 6.72. The van der Waals surface area contributed by atoms with Gasteiger partial charge >= 0.3 is 6.03 Å². The molecule has 0 aliphatic carbocycles. The molecule has 1 aromatic heterocycles. The first-order valence-electron chi connectivity index (χ1n) is 13.5. The predicted molar refractivity (Wildman–Crippen MR) is 159 cm³/mol. The Morgan fingerprint density at radius 3 is 2.37 bits per heavy atom. The average Bonchev–Trinajstić information content (AvgIpc) is 3.00. The molecule has 0 saturated heterocycles. The van der Waals surface area contributed by atoms with Gasteiger partial charge in [-0.05, 0) is 61.9 Å². The van der Waals surface area contributed by atoms with E-state index in [0.717, 1.165) is 0 Å². The molecule has 3 aromatic carbocycles. The normalized spacial score (nSPS) is 11.6. The van der Waals surface area contributed by atoms with Crippen molar-refractivity contribution in [3.8, 4) is 22.9 Å². The molecule has 10 heteroatoms. The molecular formula is C31H36N4O6. The van der Waals surface area contributed by atoms with Crippen LogP contribution in [0.25, 0.3) is 16.6 Å². The van der Waals surface area contributed by atoms with Gasteiger partial charge in [-0.2, -0.15) is 0 Å². The molecule has 0 aliphatic heterocycles. The number of anilines is 1. The van der Waals surface area contributed by atoms with Crippen LogP contribution in [-0.4, -0.2) is 61.6 Å². The number of hydrogen-bond donors (Lipinski definition) is 1. The number of benzene rings is 3. The Morgan fingerprint density at radius 1 is 0.976 bits per heavy atom. The number of nitrogens with one attached hydrogen (secondary N) is 1. The summed E-state index contributed by atoms with van der Waals surface area (Å²) in [6.07, 6.45) is 0.485. The fourth-order valence-electron chi connectivity index (χ4n) is 4.70. The molecule has 1 unspecified atom stereocenters. The number of methoxy groups -OCH3 is 3. The molecule has 216 valence electrons. The number of para-hydroxylation sites is 1. The van der Waals surface area contributed by atoms with Crippen LogP contribution in [0.1, 0.15) is 32.1 Å². The van der Waals surface area contributed by atoms with Crippen molar-refractivity contribution in [3.63, 3.8) is 0 Å². The Hall–Kier alpha value is -4.57. The first kappa shape index (κ1) is 29.4. The van der Waals surface area contributed by atoms with Crippen LogP contribution in [0.2, 0.25) is 0 Å². The number of hydrogen-bond acceptors (Lipinski definition) is 7. The van der Waals surface area contributed by atoms with Crippen LogP contribution in [-0.2, 0) is 4.74 Å². The first-order valence-corrected chi connectivity index (χ1v) is 13.5. The molecular weight excluding hydrogens is 524 g/mol. The number of ether oxygens (including phenoxy) is 4. The van der Waals surface area contributed by atoms with Crippen molar-refractivity contribution in [3.05, 3.63) is 82.9 Å². The second kappa shape index (κ2) is 13.7. The van der Waals surface area contributed by atoms with E-state index >= 15 is 0 Å². The Morgan fingerprint density at radius 2 is 1.71 bits per heavy atom. The molecule has 0 bridgehead atoms. The molecule has 1 atom stereocenters. The first-order chi connectivity index (χ1) is 19.9. The van der Waals surface area contributed by atoms with Crippen LogP contribution in [0.3, 0.4) is 0 Å². The van der Waals surface area contributed by atoms with Crippen LogP contribution in [0.5, 0.6) is 17.2 Å². The van der Waals surface area contributed by atoms with Crippen molar-refractivity contribution >= 4 is 22.6 Å². The molecule has 4 aromatic rings. The van der Waals surface area contributed by atoms with Crippen LogP contribution in [0.4, 0.5) is 10.5 Å². The third kappa shape index (κ3) is 6.44. The average molecular weight is 561 g/mol. The highest BCUT2D eigenvalue weighted by atomic mass is 16.5. The summed E-state index contributed by atoms with van der Waals surface area (Å²) in [7, 11) is 4.66. The van der Waals surface area contributed by atoms with Crippen LogP contribution in [0.15, 0.2) is 71.5 Å². The van der Waals surface area contributed by atoms with Gasteiger partial charge < -0.3 is 29.2 Å². The summed E-state index contributed by atoms with van der Waals surface area (Å²) in [6, 6.07) is 18.7. The fraction of sp³-hybridized carbons (Fsp3) is 0.323. The maximum Gasteiger partial charge on any atom is 0.322 e.